The van der Waals surface area contributed by atoms with Crippen molar-refractivity contribution in [3.05, 3.63) is 11.1 Å². The summed E-state index contributed by atoms with van der Waals surface area (Å²) in [4.78, 5) is 21.5. The highest BCUT2D eigenvalue weighted by molar-refractivity contribution is 8.16. The van der Waals surface area contributed by atoms with Gasteiger partial charge in [0, 0.05) is 45.6 Å². The molecule has 0 aromatic heterocycles. The average Bonchev–Trinajstić information content (AvgIpc) is 3.06. The minimum atomic E-state index is -0.182. The van der Waals surface area contributed by atoms with Gasteiger partial charge in [-0.1, -0.05) is 11.8 Å². The lowest BCUT2D eigenvalue weighted by Gasteiger charge is -2.48. The van der Waals surface area contributed by atoms with Crippen molar-refractivity contribution in [2.45, 2.75) is 50.2 Å². The number of hydrogen-bond donors (Lipinski definition) is 0. The van der Waals surface area contributed by atoms with Crippen molar-refractivity contribution in [3.63, 3.8) is 0 Å². The van der Waals surface area contributed by atoms with E-state index in [9.17, 15) is 4.79 Å². The van der Waals surface area contributed by atoms with E-state index >= 15 is 0 Å². The second-order valence-corrected chi connectivity index (χ2v) is 8.07. The molecule has 0 radical (unpaired) electrons. The summed E-state index contributed by atoms with van der Waals surface area (Å²) in [6.07, 6.45) is 5.59. The maximum absolute atomic E-state index is 12.8. The van der Waals surface area contributed by atoms with Crippen molar-refractivity contribution >= 4 is 22.8 Å². The maximum Gasteiger partial charge on any atom is 0.228 e. The van der Waals surface area contributed by atoms with E-state index in [1.165, 1.54) is 0 Å². The molecule has 4 heterocycles. The zero-order valence-corrected chi connectivity index (χ0v) is 15.7. The van der Waals surface area contributed by atoms with Crippen LogP contribution in [0.25, 0.3) is 0 Å². The molecule has 2 fully saturated rings. The van der Waals surface area contributed by atoms with Crippen LogP contribution in [-0.4, -0.2) is 72.5 Å². The second kappa shape index (κ2) is 7.29. The van der Waals surface area contributed by atoms with Crippen LogP contribution in [0.5, 0.6) is 0 Å². The Morgan fingerprint density at radius 1 is 1.40 bits per heavy atom. The monoisotopic (exact) mass is 365 g/mol. The summed E-state index contributed by atoms with van der Waals surface area (Å²) in [6, 6.07) is 0. The number of methoxy groups -OCH3 is 1. The van der Waals surface area contributed by atoms with Gasteiger partial charge in [-0.25, -0.2) is 0 Å². The minimum absolute atomic E-state index is 0.166. The quantitative estimate of drug-likeness (QED) is 0.768. The first-order valence-electron chi connectivity index (χ1n) is 9.34. The van der Waals surface area contributed by atoms with Crippen LogP contribution >= 0.6 is 11.8 Å². The summed E-state index contributed by atoms with van der Waals surface area (Å²) in [5, 5.41) is 3.16. The lowest BCUT2D eigenvalue weighted by atomic mass is 9.81. The predicted octanol–water partition coefficient (Wildman–Crippen LogP) is 2.21. The Balaban J connectivity index is 1.34. The van der Waals surface area contributed by atoms with E-state index in [0.29, 0.717) is 6.42 Å². The van der Waals surface area contributed by atoms with Crippen LogP contribution in [-0.2, 0) is 14.3 Å². The maximum atomic E-state index is 12.8. The normalized spacial score (nSPS) is 28.6. The molecule has 0 aliphatic carbocycles. The topological polar surface area (TPSA) is 54.4 Å². The van der Waals surface area contributed by atoms with E-state index in [2.05, 4.69) is 15.3 Å². The Kier molecular flexibility index (Phi) is 5.06. The highest BCUT2D eigenvalue weighted by atomic mass is 32.2. The number of fused-ring (bicyclic) bond motifs is 1. The third-order valence-corrected chi connectivity index (χ3v) is 6.78. The molecule has 25 heavy (non-hydrogen) atoms. The summed E-state index contributed by atoms with van der Waals surface area (Å²) < 4.78 is 11.8. The number of rotatable bonds is 3. The molecule has 0 saturated carbocycles. The Bertz CT molecular complexity index is 584. The third kappa shape index (κ3) is 3.34. The van der Waals surface area contributed by atoms with Crippen LogP contribution in [0.15, 0.2) is 16.1 Å². The van der Waals surface area contributed by atoms with E-state index < -0.39 is 0 Å². The smallest absolute Gasteiger partial charge is 0.228 e. The Hall–Kier alpha value is -1.05. The Labute approximate surface area is 153 Å². The summed E-state index contributed by atoms with van der Waals surface area (Å²) in [6.45, 7) is 4.23. The van der Waals surface area contributed by atoms with Gasteiger partial charge in [-0.05, 0) is 37.5 Å². The highest BCUT2D eigenvalue weighted by Gasteiger charge is 2.45. The third-order valence-electron chi connectivity index (χ3n) is 5.83. The van der Waals surface area contributed by atoms with Crippen LogP contribution in [0.2, 0.25) is 0 Å². The van der Waals surface area contributed by atoms with E-state index in [1.807, 2.05) is 4.90 Å². The predicted molar refractivity (Wildman–Crippen MR) is 98.4 cm³/mol. The van der Waals surface area contributed by atoms with Gasteiger partial charge in [0.05, 0.1) is 18.1 Å². The van der Waals surface area contributed by atoms with Crippen molar-refractivity contribution < 1.29 is 14.3 Å². The van der Waals surface area contributed by atoms with Gasteiger partial charge < -0.3 is 19.3 Å². The zero-order valence-electron chi connectivity index (χ0n) is 14.9. The minimum Gasteiger partial charge on any atom is -0.378 e. The second-order valence-electron chi connectivity index (χ2n) is 7.23. The number of carbonyl (C=O) groups is 1. The molecule has 4 rings (SSSR count). The van der Waals surface area contributed by atoms with Gasteiger partial charge in [-0.3, -0.25) is 9.79 Å². The molecule has 2 saturated heterocycles. The molecule has 0 N–H and O–H groups in total. The number of amides is 1. The van der Waals surface area contributed by atoms with Crippen molar-refractivity contribution in [2.24, 2.45) is 4.99 Å². The molecule has 0 aromatic carbocycles. The molecule has 4 aliphatic rings. The van der Waals surface area contributed by atoms with Gasteiger partial charge in [0.1, 0.15) is 0 Å². The molecule has 0 aromatic rings. The summed E-state index contributed by atoms with van der Waals surface area (Å²) >= 11 is 1.65. The Morgan fingerprint density at radius 2 is 2.24 bits per heavy atom. The fourth-order valence-corrected chi connectivity index (χ4v) is 5.33. The van der Waals surface area contributed by atoms with Crippen molar-refractivity contribution in [1.82, 2.24) is 9.80 Å². The molecule has 4 aliphatic heterocycles. The highest BCUT2D eigenvalue weighted by Crippen LogP contribution is 2.37. The molecule has 1 amide bonds. The van der Waals surface area contributed by atoms with Crippen LogP contribution in [0.4, 0.5) is 0 Å². The Morgan fingerprint density at radius 3 is 3.04 bits per heavy atom. The molecule has 1 atom stereocenters. The molecular formula is C18H27N3O3S. The fourth-order valence-electron chi connectivity index (χ4n) is 4.37. The standard InChI is InChI=1S/C18H27N3O3S/c1-23-15-4-2-11-24-18(15)5-9-20(10-6-18)16(22)12-14-13-25-17-19-7-3-8-21(14)17/h13,15H,2-12H2,1H3. The van der Waals surface area contributed by atoms with E-state index in [4.69, 9.17) is 9.47 Å². The number of aliphatic imine (C=N–C) groups is 1. The zero-order chi connectivity index (χ0) is 17.3. The van der Waals surface area contributed by atoms with Crippen molar-refractivity contribution in [2.75, 3.05) is 39.9 Å². The van der Waals surface area contributed by atoms with Crippen LogP contribution in [0.1, 0.15) is 38.5 Å². The first kappa shape index (κ1) is 17.4. The number of thioether (sulfide) groups is 1. The van der Waals surface area contributed by atoms with Gasteiger partial charge in [-0.2, -0.15) is 0 Å². The van der Waals surface area contributed by atoms with E-state index in [0.717, 1.165) is 75.8 Å². The summed E-state index contributed by atoms with van der Waals surface area (Å²) in [5.74, 6) is 0.221. The number of likely N-dealkylation sites (tertiary alicyclic amines) is 1. The first-order valence-corrected chi connectivity index (χ1v) is 10.2. The molecule has 6 nitrogen and oxygen atoms in total. The molecule has 1 spiro atoms. The fraction of sp³-hybridized carbons (Fsp3) is 0.778. The number of ether oxygens (including phenoxy) is 2. The van der Waals surface area contributed by atoms with Gasteiger partial charge in [0.15, 0.2) is 5.17 Å². The van der Waals surface area contributed by atoms with Crippen LogP contribution < -0.4 is 0 Å². The molecule has 138 valence electrons. The number of nitrogens with zero attached hydrogens (tertiary/aromatic N) is 3. The number of hydrogen-bond acceptors (Lipinski definition) is 6. The SMILES string of the molecule is COC1CCCOC12CCN(C(=O)CC1=CSC3=NCCCN13)CC2. The van der Waals surface area contributed by atoms with Crippen molar-refractivity contribution in [3.8, 4) is 0 Å². The number of carbonyl (C=O) groups excluding carboxylic acids is 1. The first-order chi connectivity index (χ1) is 12.2. The van der Waals surface area contributed by atoms with Crippen LogP contribution in [0, 0.1) is 0 Å². The average molecular weight is 365 g/mol. The summed E-state index contributed by atoms with van der Waals surface area (Å²) in [7, 11) is 1.78. The van der Waals surface area contributed by atoms with E-state index in [1.54, 1.807) is 18.9 Å². The van der Waals surface area contributed by atoms with Gasteiger partial charge in [-0.15, -0.1) is 0 Å². The van der Waals surface area contributed by atoms with E-state index in [-0.39, 0.29) is 17.6 Å². The largest absolute Gasteiger partial charge is 0.378 e. The van der Waals surface area contributed by atoms with Gasteiger partial charge in [0.2, 0.25) is 5.91 Å². The van der Waals surface area contributed by atoms with Crippen molar-refractivity contribution in [1.29, 1.82) is 0 Å². The summed E-state index contributed by atoms with van der Waals surface area (Å²) in [5.41, 5.74) is 0.927. The van der Waals surface area contributed by atoms with Crippen LogP contribution in [0.3, 0.4) is 0 Å². The van der Waals surface area contributed by atoms with Gasteiger partial charge in [0.25, 0.3) is 0 Å². The number of piperidine rings is 1. The van der Waals surface area contributed by atoms with Gasteiger partial charge >= 0.3 is 0 Å². The lowest BCUT2D eigenvalue weighted by molar-refractivity contribution is -0.188. The molecule has 7 heteroatoms. The number of amidine groups is 1. The lowest BCUT2D eigenvalue weighted by Crippen LogP contribution is -2.56. The molecule has 0 bridgehead atoms. The molecular weight excluding hydrogens is 338 g/mol. The molecule has 1 unspecified atom stereocenters.